The number of benzene rings is 3. The molecule has 0 radical (unpaired) electrons. The largest absolute Gasteiger partial charge is 0.416 e. The molecule has 3 aromatic rings. The van der Waals surface area contributed by atoms with E-state index in [0.29, 0.717) is 40.3 Å². The molecule has 1 unspecified atom stereocenters. The van der Waals surface area contributed by atoms with E-state index in [9.17, 15) is 18.0 Å². The summed E-state index contributed by atoms with van der Waals surface area (Å²) >= 11 is 18.7. The number of anilines is 1. The Balaban J connectivity index is 1.61. The molecule has 3 nitrogen and oxygen atoms in total. The van der Waals surface area contributed by atoms with Crippen LogP contribution in [0.4, 0.5) is 18.9 Å². The van der Waals surface area contributed by atoms with E-state index in [1.807, 2.05) is 18.2 Å². The van der Waals surface area contributed by atoms with E-state index >= 15 is 0 Å². The third-order valence-corrected chi connectivity index (χ3v) is 6.93. The predicted octanol–water partition coefficient (Wildman–Crippen LogP) is 7.94. The summed E-state index contributed by atoms with van der Waals surface area (Å²) < 4.78 is 40.0. The molecule has 0 aromatic heterocycles. The SMILES string of the molecule is C=Cc1cc(CC(=O)N2CCN(c3ccc(Cl)cc3Cl)C(c3ccc(Cl)cc3)C2)cc(C(F)(F)F)c1. The van der Waals surface area contributed by atoms with Crippen molar-refractivity contribution in [3.05, 3.63) is 105 Å². The first-order chi connectivity index (χ1) is 17.0. The first-order valence-electron chi connectivity index (χ1n) is 11.1. The van der Waals surface area contributed by atoms with E-state index in [1.165, 1.54) is 6.08 Å². The molecule has 1 aliphatic rings. The molecular weight excluding hydrogens is 532 g/mol. The number of amides is 1. The van der Waals surface area contributed by atoms with Gasteiger partial charge in [0, 0.05) is 29.7 Å². The van der Waals surface area contributed by atoms with E-state index < -0.39 is 11.7 Å². The molecule has 0 spiro atoms. The van der Waals surface area contributed by atoms with Gasteiger partial charge in [-0.25, -0.2) is 0 Å². The molecule has 1 atom stereocenters. The van der Waals surface area contributed by atoms with Crippen LogP contribution in [0.25, 0.3) is 6.08 Å². The lowest BCUT2D eigenvalue weighted by Crippen LogP contribution is -2.51. The topological polar surface area (TPSA) is 23.6 Å². The highest BCUT2D eigenvalue weighted by atomic mass is 35.5. The first-order valence-corrected chi connectivity index (χ1v) is 12.3. The van der Waals surface area contributed by atoms with Gasteiger partial charge in [0.15, 0.2) is 0 Å². The van der Waals surface area contributed by atoms with Crippen molar-refractivity contribution < 1.29 is 18.0 Å². The number of alkyl halides is 3. The average Bonchev–Trinajstić information content (AvgIpc) is 2.83. The number of hydrogen-bond donors (Lipinski definition) is 0. The van der Waals surface area contributed by atoms with Crippen molar-refractivity contribution in [2.75, 3.05) is 24.5 Å². The van der Waals surface area contributed by atoms with Gasteiger partial charge in [-0.1, -0.05) is 65.7 Å². The molecule has 1 heterocycles. The summed E-state index contributed by atoms with van der Waals surface area (Å²) in [6, 6.07) is 15.9. The van der Waals surface area contributed by atoms with Crippen LogP contribution in [-0.4, -0.2) is 30.4 Å². The summed E-state index contributed by atoms with van der Waals surface area (Å²) in [5, 5.41) is 1.59. The minimum Gasteiger partial charge on any atom is -0.360 e. The van der Waals surface area contributed by atoms with Gasteiger partial charge >= 0.3 is 6.18 Å². The average molecular weight is 554 g/mol. The Kier molecular flexibility index (Phi) is 7.88. The van der Waals surface area contributed by atoms with Gasteiger partial charge in [0.25, 0.3) is 0 Å². The minimum absolute atomic E-state index is 0.153. The van der Waals surface area contributed by atoms with Crippen molar-refractivity contribution in [1.29, 1.82) is 0 Å². The number of hydrogen-bond acceptors (Lipinski definition) is 2. The van der Waals surface area contributed by atoms with Crippen LogP contribution in [0.3, 0.4) is 0 Å². The highest BCUT2D eigenvalue weighted by Crippen LogP contribution is 2.37. The molecule has 1 amide bonds. The maximum atomic E-state index is 13.3. The van der Waals surface area contributed by atoms with E-state index in [2.05, 4.69) is 11.5 Å². The smallest absolute Gasteiger partial charge is 0.360 e. The summed E-state index contributed by atoms with van der Waals surface area (Å²) in [6.45, 7) is 4.75. The fourth-order valence-corrected chi connectivity index (χ4v) is 5.01. The van der Waals surface area contributed by atoms with Crippen molar-refractivity contribution >= 4 is 52.5 Å². The quantitative estimate of drug-likeness (QED) is 0.320. The Morgan fingerprint density at radius 2 is 1.67 bits per heavy atom. The van der Waals surface area contributed by atoms with Crippen LogP contribution < -0.4 is 4.90 Å². The fourth-order valence-electron chi connectivity index (χ4n) is 4.37. The van der Waals surface area contributed by atoms with Crippen molar-refractivity contribution in [1.82, 2.24) is 4.90 Å². The highest BCUT2D eigenvalue weighted by Gasteiger charge is 2.33. The summed E-state index contributed by atoms with van der Waals surface area (Å²) in [6.07, 6.45) is -3.33. The zero-order valence-corrected chi connectivity index (χ0v) is 21.3. The molecule has 0 N–H and O–H groups in total. The van der Waals surface area contributed by atoms with Gasteiger partial charge < -0.3 is 9.80 Å². The second kappa shape index (κ2) is 10.8. The molecule has 0 aliphatic carbocycles. The molecule has 0 saturated carbocycles. The number of carbonyl (C=O) groups excluding carboxylic acids is 1. The first kappa shape index (κ1) is 26.4. The maximum absolute atomic E-state index is 13.3. The Morgan fingerprint density at radius 1 is 0.972 bits per heavy atom. The minimum atomic E-state index is -4.51. The third-order valence-electron chi connectivity index (χ3n) is 6.14. The van der Waals surface area contributed by atoms with Gasteiger partial charge in [0.2, 0.25) is 5.91 Å². The summed E-state index contributed by atoms with van der Waals surface area (Å²) in [5.74, 6) is -0.259. The lowest BCUT2D eigenvalue weighted by molar-refractivity contribution is -0.138. The van der Waals surface area contributed by atoms with E-state index in [4.69, 9.17) is 34.8 Å². The van der Waals surface area contributed by atoms with Crippen LogP contribution >= 0.6 is 34.8 Å². The van der Waals surface area contributed by atoms with Crippen LogP contribution in [0.5, 0.6) is 0 Å². The molecule has 9 heteroatoms. The van der Waals surface area contributed by atoms with Crippen molar-refractivity contribution in [3.8, 4) is 0 Å². The lowest BCUT2D eigenvalue weighted by atomic mass is 9.99. The van der Waals surface area contributed by atoms with Crippen LogP contribution in [0.15, 0.2) is 67.2 Å². The van der Waals surface area contributed by atoms with Gasteiger partial charge in [-0.3, -0.25) is 4.79 Å². The molecule has 3 aromatic carbocycles. The molecule has 4 rings (SSSR count). The van der Waals surface area contributed by atoms with Crippen molar-refractivity contribution in [3.63, 3.8) is 0 Å². The van der Waals surface area contributed by atoms with Crippen LogP contribution in [0.2, 0.25) is 15.1 Å². The predicted molar refractivity (Wildman–Crippen MR) is 140 cm³/mol. The zero-order valence-electron chi connectivity index (χ0n) is 19.0. The second-order valence-electron chi connectivity index (χ2n) is 8.54. The molecule has 188 valence electrons. The number of piperazine rings is 1. The standard InChI is InChI=1S/C27H22Cl3F3N2O/c1-2-17-11-18(13-20(12-17)27(31,32)33)14-26(36)34-9-10-35(24-8-7-22(29)15-23(24)30)25(16-34)19-3-5-21(28)6-4-19/h2-8,11-13,15,25H,1,9-10,14,16H2. The van der Waals surface area contributed by atoms with Gasteiger partial charge in [0.1, 0.15) is 0 Å². The second-order valence-corrected chi connectivity index (χ2v) is 9.82. The Labute approximate surface area is 222 Å². The van der Waals surface area contributed by atoms with Gasteiger partial charge in [-0.15, -0.1) is 0 Å². The highest BCUT2D eigenvalue weighted by molar-refractivity contribution is 6.36. The number of nitrogens with zero attached hydrogens (tertiary/aromatic N) is 2. The zero-order chi connectivity index (χ0) is 26.0. The Morgan fingerprint density at radius 3 is 2.31 bits per heavy atom. The monoisotopic (exact) mass is 552 g/mol. The van der Waals surface area contributed by atoms with Crippen LogP contribution in [0, 0.1) is 0 Å². The summed E-state index contributed by atoms with van der Waals surface area (Å²) in [4.78, 5) is 17.0. The van der Waals surface area contributed by atoms with Gasteiger partial charge in [-0.2, -0.15) is 13.2 Å². The van der Waals surface area contributed by atoms with Crippen molar-refractivity contribution in [2.45, 2.75) is 18.6 Å². The molecule has 1 saturated heterocycles. The Bertz CT molecular complexity index is 1280. The summed E-state index contributed by atoms with van der Waals surface area (Å²) in [7, 11) is 0. The van der Waals surface area contributed by atoms with Crippen LogP contribution in [0.1, 0.15) is 28.3 Å². The van der Waals surface area contributed by atoms with Crippen molar-refractivity contribution in [2.24, 2.45) is 0 Å². The lowest BCUT2D eigenvalue weighted by Gasteiger charge is -2.43. The molecule has 1 fully saturated rings. The van der Waals surface area contributed by atoms with E-state index in [1.54, 1.807) is 35.2 Å². The Hall–Kier alpha value is -2.67. The number of rotatable bonds is 5. The maximum Gasteiger partial charge on any atom is 0.416 e. The normalized spacial score (nSPS) is 16.2. The third kappa shape index (κ3) is 6.00. The van der Waals surface area contributed by atoms with Gasteiger partial charge in [0.05, 0.1) is 28.7 Å². The molecule has 1 aliphatic heterocycles. The number of halogens is 6. The summed E-state index contributed by atoms with van der Waals surface area (Å²) in [5.41, 5.74) is 1.51. The van der Waals surface area contributed by atoms with Crippen LogP contribution in [-0.2, 0) is 17.4 Å². The number of carbonyl (C=O) groups is 1. The molecular formula is C27H22Cl3F3N2O. The van der Waals surface area contributed by atoms with Gasteiger partial charge in [-0.05, 0) is 59.2 Å². The fraction of sp³-hybridized carbons (Fsp3) is 0.222. The molecule has 0 bridgehead atoms. The molecule has 36 heavy (non-hydrogen) atoms. The van der Waals surface area contributed by atoms with E-state index in [-0.39, 0.29) is 23.9 Å². The van der Waals surface area contributed by atoms with E-state index in [0.717, 1.165) is 23.4 Å².